The molecule has 0 aliphatic carbocycles. The van der Waals surface area contributed by atoms with Gasteiger partial charge in [0.2, 0.25) is 0 Å². The van der Waals surface area contributed by atoms with Crippen molar-refractivity contribution < 1.29 is 19.4 Å². The molecule has 0 bridgehead atoms. The van der Waals surface area contributed by atoms with Crippen LogP contribution in [0.4, 0.5) is 0 Å². The Morgan fingerprint density at radius 3 is 2.74 bits per heavy atom. The fourth-order valence-electron chi connectivity index (χ4n) is 3.27. The summed E-state index contributed by atoms with van der Waals surface area (Å²) >= 11 is 0. The van der Waals surface area contributed by atoms with Gasteiger partial charge >= 0.3 is 5.97 Å². The first-order chi connectivity index (χ1) is 13.0. The third-order valence-electron chi connectivity index (χ3n) is 5.05. The van der Waals surface area contributed by atoms with Gasteiger partial charge in [-0.1, -0.05) is 24.3 Å². The van der Waals surface area contributed by atoms with Crippen LogP contribution in [-0.2, 0) is 9.53 Å². The molecule has 1 heterocycles. The van der Waals surface area contributed by atoms with Crippen LogP contribution < -0.4 is 4.74 Å². The lowest BCUT2D eigenvalue weighted by Crippen LogP contribution is -2.38. The normalized spacial score (nSPS) is 17.6. The lowest BCUT2D eigenvalue weighted by atomic mass is 10.1. The third kappa shape index (κ3) is 5.31. The number of ether oxygens (including phenoxy) is 2. The van der Waals surface area contributed by atoms with Crippen LogP contribution in [0.25, 0.3) is 0 Å². The van der Waals surface area contributed by atoms with E-state index in [1.165, 1.54) is 5.56 Å². The van der Waals surface area contributed by atoms with Crippen LogP contribution in [-0.4, -0.2) is 42.2 Å². The van der Waals surface area contributed by atoms with E-state index in [4.69, 9.17) is 14.6 Å². The van der Waals surface area contributed by atoms with Crippen molar-refractivity contribution in [2.75, 3.05) is 26.2 Å². The van der Waals surface area contributed by atoms with Gasteiger partial charge in [-0.05, 0) is 61.7 Å². The van der Waals surface area contributed by atoms with E-state index in [1.54, 1.807) is 0 Å². The number of carboxylic acids is 1. The largest absolute Gasteiger partial charge is 0.481 e. The Labute approximate surface area is 160 Å². The van der Waals surface area contributed by atoms with E-state index in [0.717, 1.165) is 42.3 Å². The van der Waals surface area contributed by atoms with Gasteiger partial charge in [-0.3, -0.25) is 9.69 Å². The maximum Gasteiger partial charge on any atom is 0.303 e. The summed E-state index contributed by atoms with van der Waals surface area (Å²) in [6.45, 7) is 7.24. The number of aliphatic carboxylic acids is 1. The molecule has 5 nitrogen and oxygen atoms in total. The second-order valence-corrected chi connectivity index (χ2v) is 7.03. The van der Waals surface area contributed by atoms with Gasteiger partial charge in [0.25, 0.3) is 0 Å². The Morgan fingerprint density at radius 1 is 1.22 bits per heavy atom. The van der Waals surface area contributed by atoms with E-state index in [-0.39, 0.29) is 12.5 Å². The molecule has 1 N–H and O–H groups in total. The summed E-state index contributed by atoms with van der Waals surface area (Å²) in [5.74, 6) is 0.946. The first-order valence-electron chi connectivity index (χ1n) is 9.42. The van der Waals surface area contributed by atoms with Crippen molar-refractivity contribution in [3.63, 3.8) is 0 Å². The molecule has 144 valence electrons. The lowest BCUT2D eigenvalue weighted by molar-refractivity contribution is -0.137. The van der Waals surface area contributed by atoms with Gasteiger partial charge in [-0.25, -0.2) is 0 Å². The van der Waals surface area contributed by atoms with Crippen LogP contribution in [0.5, 0.6) is 11.5 Å². The summed E-state index contributed by atoms with van der Waals surface area (Å²) < 4.78 is 11.9. The molecule has 0 amide bonds. The van der Waals surface area contributed by atoms with Gasteiger partial charge in [0.15, 0.2) is 0 Å². The van der Waals surface area contributed by atoms with Gasteiger partial charge < -0.3 is 14.6 Å². The third-order valence-corrected chi connectivity index (χ3v) is 5.05. The fraction of sp³-hybridized carbons (Fsp3) is 0.409. The first-order valence-corrected chi connectivity index (χ1v) is 9.42. The standard InChI is InChI=1S/C22H27NO4/c1-16-5-3-6-20(17(16)2)27-19-10-8-18(9-11-19)21-15-23(13-14-26-21)12-4-7-22(24)25/h3,5-6,8-11,21H,4,7,12-15H2,1-2H3,(H,24,25). The van der Waals surface area contributed by atoms with Crippen molar-refractivity contribution in [1.82, 2.24) is 4.90 Å². The van der Waals surface area contributed by atoms with Gasteiger partial charge in [-0.15, -0.1) is 0 Å². The van der Waals surface area contributed by atoms with E-state index in [0.29, 0.717) is 13.0 Å². The number of carbonyl (C=O) groups is 1. The molecule has 1 saturated heterocycles. The Hall–Kier alpha value is -2.37. The molecular formula is C22H27NO4. The van der Waals surface area contributed by atoms with Crippen LogP contribution in [0.3, 0.4) is 0 Å². The van der Waals surface area contributed by atoms with Crippen molar-refractivity contribution in [3.05, 3.63) is 59.2 Å². The van der Waals surface area contributed by atoms with E-state index in [2.05, 4.69) is 24.8 Å². The molecule has 2 aromatic rings. The maximum absolute atomic E-state index is 10.7. The second kappa shape index (κ2) is 9.02. The molecule has 5 heteroatoms. The van der Waals surface area contributed by atoms with Crippen molar-refractivity contribution in [2.24, 2.45) is 0 Å². The van der Waals surface area contributed by atoms with Crippen LogP contribution >= 0.6 is 0 Å². The molecule has 0 aromatic heterocycles. The summed E-state index contributed by atoms with van der Waals surface area (Å²) in [6, 6.07) is 14.1. The number of rotatable bonds is 7. The topological polar surface area (TPSA) is 59.0 Å². The molecule has 1 fully saturated rings. The van der Waals surface area contributed by atoms with Gasteiger partial charge in [0.05, 0.1) is 12.7 Å². The van der Waals surface area contributed by atoms with E-state index >= 15 is 0 Å². The summed E-state index contributed by atoms with van der Waals surface area (Å²) in [5.41, 5.74) is 3.48. The van der Waals surface area contributed by atoms with Crippen molar-refractivity contribution >= 4 is 5.97 Å². The first kappa shape index (κ1) is 19.4. The summed E-state index contributed by atoms with van der Waals surface area (Å²) in [6.07, 6.45) is 0.898. The highest BCUT2D eigenvalue weighted by Gasteiger charge is 2.22. The number of hydrogen-bond donors (Lipinski definition) is 1. The highest BCUT2D eigenvalue weighted by molar-refractivity contribution is 5.66. The number of carboxylic acid groups (broad SMARTS) is 1. The number of nitrogens with zero attached hydrogens (tertiary/aromatic N) is 1. The quantitative estimate of drug-likeness (QED) is 0.787. The minimum absolute atomic E-state index is 0.0123. The van der Waals surface area contributed by atoms with Gasteiger partial charge in [0.1, 0.15) is 11.5 Å². The molecule has 1 aliphatic heterocycles. The van der Waals surface area contributed by atoms with Crippen LogP contribution in [0.2, 0.25) is 0 Å². The van der Waals surface area contributed by atoms with E-state index in [9.17, 15) is 4.79 Å². The van der Waals surface area contributed by atoms with Crippen molar-refractivity contribution in [1.29, 1.82) is 0 Å². The molecule has 0 spiro atoms. The lowest BCUT2D eigenvalue weighted by Gasteiger charge is -2.33. The highest BCUT2D eigenvalue weighted by atomic mass is 16.5. The van der Waals surface area contributed by atoms with E-state index in [1.807, 2.05) is 36.4 Å². The molecule has 27 heavy (non-hydrogen) atoms. The number of benzene rings is 2. The minimum Gasteiger partial charge on any atom is -0.481 e. The Balaban J connectivity index is 1.59. The predicted octanol–water partition coefficient (Wildman–Crippen LogP) is 4.33. The maximum atomic E-state index is 10.7. The fourth-order valence-corrected chi connectivity index (χ4v) is 3.27. The zero-order chi connectivity index (χ0) is 19.2. The Morgan fingerprint density at radius 2 is 2.00 bits per heavy atom. The van der Waals surface area contributed by atoms with Crippen LogP contribution in [0, 0.1) is 13.8 Å². The zero-order valence-corrected chi connectivity index (χ0v) is 16.0. The van der Waals surface area contributed by atoms with Gasteiger partial charge in [-0.2, -0.15) is 0 Å². The van der Waals surface area contributed by atoms with Crippen LogP contribution in [0.1, 0.15) is 35.6 Å². The molecule has 0 radical (unpaired) electrons. The number of morpholine rings is 1. The minimum atomic E-state index is -0.737. The van der Waals surface area contributed by atoms with Crippen molar-refractivity contribution in [3.8, 4) is 11.5 Å². The average molecular weight is 369 g/mol. The Kier molecular flexibility index (Phi) is 6.48. The molecule has 0 saturated carbocycles. The number of aryl methyl sites for hydroxylation is 1. The molecule has 2 aromatic carbocycles. The van der Waals surface area contributed by atoms with Gasteiger partial charge in [0, 0.05) is 19.5 Å². The van der Waals surface area contributed by atoms with Crippen LogP contribution in [0.15, 0.2) is 42.5 Å². The second-order valence-electron chi connectivity index (χ2n) is 7.03. The zero-order valence-electron chi connectivity index (χ0n) is 16.0. The monoisotopic (exact) mass is 369 g/mol. The highest BCUT2D eigenvalue weighted by Crippen LogP contribution is 2.29. The number of hydrogen-bond acceptors (Lipinski definition) is 4. The van der Waals surface area contributed by atoms with E-state index < -0.39 is 5.97 Å². The summed E-state index contributed by atoms with van der Waals surface area (Å²) in [5, 5.41) is 8.78. The average Bonchev–Trinajstić information content (AvgIpc) is 2.66. The smallest absolute Gasteiger partial charge is 0.303 e. The van der Waals surface area contributed by atoms with Crippen molar-refractivity contribution in [2.45, 2.75) is 32.8 Å². The molecule has 1 atom stereocenters. The molecule has 1 unspecified atom stereocenters. The Bertz CT molecular complexity index is 772. The molecule has 3 rings (SSSR count). The summed E-state index contributed by atoms with van der Waals surface area (Å²) in [4.78, 5) is 12.9. The predicted molar refractivity (Wildman–Crippen MR) is 104 cm³/mol. The SMILES string of the molecule is Cc1cccc(Oc2ccc(C3CN(CCCC(=O)O)CCO3)cc2)c1C. The molecular weight excluding hydrogens is 342 g/mol. The summed E-state index contributed by atoms with van der Waals surface area (Å²) in [7, 11) is 0. The molecule has 1 aliphatic rings.